The van der Waals surface area contributed by atoms with Gasteiger partial charge in [-0.05, 0) is 36.2 Å². The minimum atomic E-state index is 0.654. The number of aromatic amines is 1. The molecule has 3 rings (SSSR count). The van der Waals surface area contributed by atoms with Crippen LogP contribution in [-0.4, -0.2) is 37.7 Å². The van der Waals surface area contributed by atoms with Gasteiger partial charge in [0.15, 0.2) is 5.96 Å². The Morgan fingerprint density at radius 2 is 2.19 bits per heavy atom. The summed E-state index contributed by atoms with van der Waals surface area (Å²) in [5.74, 6) is 2.60. The molecule has 0 unspecified atom stereocenters. The fourth-order valence-electron chi connectivity index (χ4n) is 2.98. The first-order chi connectivity index (χ1) is 13.3. The van der Waals surface area contributed by atoms with Crippen LogP contribution in [0.3, 0.4) is 0 Å². The van der Waals surface area contributed by atoms with Crippen molar-refractivity contribution in [3.05, 3.63) is 66.8 Å². The summed E-state index contributed by atoms with van der Waals surface area (Å²) in [5, 5.41) is 7.76. The van der Waals surface area contributed by atoms with Crippen molar-refractivity contribution in [2.45, 2.75) is 12.8 Å². The van der Waals surface area contributed by atoms with Gasteiger partial charge in [0.1, 0.15) is 11.5 Å². The number of hydrogen-bond acceptors (Lipinski definition) is 3. The summed E-state index contributed by atoms with van der Waals surface area (Å²) in [4.78, 5) is 7.91. The van der Waals surface area contributed by atoms with E-state index in [1.165, 1.54) is 5.56 Å². The zero-order chi connectivity index (χ0) is 18.9. The van der Waals surface area contributed by atoms with Crippen molar-refractivity contribution in [2.24, 2.45) is 4.99 Å². The van der Waals surface area contributed by atoms with Crippen LogP contribution in [0.2, 0.25) is 0 Å². The fraction of sp³-hybridized carbons (Fsp3) is 0.286. The molecule has 0 aliphatic heterocycles. The lowest BCUT2D eigenvalue weighted by Crippen LogP contribution is -2.38. The molecule has 0 saturated carbocycles. The van der Waals surface area contributed by atoms with Crippen LogP contribution in [0.15, 0.2) is 64.9 Å². The molecule has 27 heavy (non-hydrogen) atoms. The Hall–Kier alpha value is -3.15. The van der Waals surface area contributed by atoms with Gasteiger partial charge < -0.3 is 24.8 Å². The number of benzene rings is 1. The smallest absolute Gasteiger partial charge is 0.191 e. The second-order valence-corrected chi connectivity index (χ2v) is 6.10. The number of nitrogens with zero attached hydrogens (tertiary/aromatic N) is 1. The van der Waals surface area contributed by atoms with Crippen molar-refractivity contribution in [1.29, 1.82) is 0 Å². The molecule has 0 aliphatic carbocycles. The van der Waals surface area contributed by atoms with Gasteiger partial charge in [-0.1, -0.05) is 12.1 Å². The summed E-state index contributed by atoms with van der Waals surface area (Å²) in [5.41, 5.74) is 2.30. The number of H-pyrrole nitrogens is 1. The Balaban J connectivity index is 1.59. The molecule has 0 fully saturated rings. The zero-order valence-electron chi connectivity index (χ0n) is 15.6. The predicted octanol–water partition coefficient (Wildman–Crippen LogP) is 3.28. The maximum absolute atomic E-state index is 5.50. The number of aromatic nitrogens is 1. The molecule has 0 saturated heterocycles. The zero-order valence-corrected chi connectivity index (χ0v) is 15.6. The predicted molar refractivity (Wildman–Crippen MR) is 109 cm³/mol. The number of furan rings is 1. The number of rotatable bonds is 9. The Morgan fingerprint density at radius 3 is 2.96 bits per heavy atom. The van der Waals surface area contributed by atoms with E-state index in [4.69, 9.17) is 9.15 Å². The lowest BCUT2D eigenvalue weighted by molar-refractivity contribution is 0.419. The molecule has 6 heteroatoms. The molecule has 6 nitrogen and oxygen atoms in total. The standard InChI is InChI=1S/C21H26N4O2/c1-3-11-22-21(24-13-10-17-6-5-14-27-17)23-12-9-16-15-25-18-7-4-8-19(26-2)20(16)18/h3-8,14-15,25H,1,9-13H2,2H3,(H2,22,23,24). The average molecular weight is 366 g/mol. The van der Waals surface area contributed by atoms with Crippen LogP contribution >= 0.6 is 0 Å². The lowest BCUT2D eigenvalue weighted by Gasteiger charge is -2.11. The third kappa shape index (κ3) is 4.94. The van der Waals surface area contributed by atoms with Gasteiger partial charge in [0.25, 0.3) is 0 Å². The molecular weight excluding hydrogens is 340 g/mol. The van der Waals surface area contributed by atoms with E-state index >= 15 is 0 Å². The molecule has 0 atom stereocenters. The minimum Gasteiger partial charge on any atom is -0.496 e. The molecule has 0 radical (unpaired) electrons. The van der Waals surface area contributed by atoms with Crippen LogP contribution in [0.1, 0.15) is 11.3 Å². The molecular formula is C21H26N4O2. The number of methoxy groups -OCH3 is 1. The molecule has 142 valence electrons. The highest BCUT2D eigenvalue weighted by Gasteiger charge is 2.09. The van der Waals surface area contributed by atoms with Crippen molar-refractivity contribution >= 4 is 16.9 Å². The van der Waals surface area contributed by atoms with Crippen molar-refractivity contribution in [1.82, 2.24) is 15.6 Å². The van der Waals surface area contributed by atoms with E-state index in [1.54, 1.807) is 13.4 Å². The van der Waals surface area contributed by atoms with Crippen molar-refractivity contribution in [2.75, 3.05) is 26.7 Å². The maximum Gasteiger partial charge on any atom is 0.191 e. The van der Waals surface area contributed by atoms with E-state index in [9.17, 15) is 0 Å². The number of nitrogens with one attached hydrogen (secondary N) is 3. The first-order valence-electron chi connectivity index (χ1n) is 9.10. The highest BCUT2D eigenvalue weighted by molar-refractivity contribution is 5.89. The van der Waals surface area contributed by atoms with Crippen LogP contribution in [0.25, 0.3) is 10.9 Å². The molecule has 2 aromatic heterocycles. The maximum atomic E-state index is 5.50. The van der Waals surface area contributed by atoms with Crippen molar-refractivity contribution in [3.8, 4) is 5.75 Å². The van der Waals surface area contributed by atoms with E-state index in [-0.39, 0.29) is 0 Å². The molecule has 0 amide bonds. The number of ether oxygens (including phenoxy) is 1. The van der Waals surface area contributed by atoms with E-state index in [0.717, 1.165) is 47.8 Å². The highest BCUT2D eigenvalue weighted by Crippen LogP contribution is 2.28. The summed E-state index contributed by atoms with van der Waals surface area (Å²) >= 11 is 0. The second-order valence-electron chi connectivity index (χ2n) is 6.10. The molecule has 0 bridgehead atoms. The fourth-order valence-corrected chi connectivity index (χ4v) is 2.98. The Labute approximate surface area is 159 Å². The van der Waals surface area contributed by atoms with Gasteiger partial charge in [-0.15, -0.1) is 6.58 Å². The molecule has 3 N–H and O–H groups in total. The topological polar surface area (TPSA) is 74.6 Å². The van der Waals surface area contributed by atoms with Gasteiger partial charge in [0.2, 0.25) is 0 Å². The third-order valence-electron chi connectivity index (χ3n) is 4.28. The lowest BCUT2D eigenvalue weighted by atomic mass is 10.1. The summed E-state index contributed by atoms with van der Waals surface area (Å²) < 4.78 is 10.8. The van der Waals surface area contributed by atoms with Crippen LogP contribution in [0.5, 0.6) is 5.75 Å². The van der Waals surface area contributed by atoms with Crippen LogP contribution in [0.4, 0.5) is 0 Å². The first-order valence-corrected chi connectivity index (χ1v) is 9.10. The van der Waals surface area contributed by atoms with Crippen molar-refractivity contribution in [3.63, 3.8) is 0 Å². The minimum absolute atomic E-state index is 0.654. The Kier molecular flexibility index (Phi) is 6.57. The van der Waals surface area contributed by atoms with Gasteiger partial charge in [-0.3, -0.25) is 4.99 Å². The largest absolute Gasteiger partial charge is 0.496 e. The number of guanidine groups is 1. The molecule has 1 aromatic carbocycles. The first kappa shape index (κ1) is 18.6. The third-order valence-corrected chi connectivity index (χ3v) is 4.28. The normalized spacial score (nSPS) is 11.5. The van der Waals surface area contributed by atoms with Crippen LogP contribution < -0.4 is 15.4 Å². The molecule has 0 spiro atoms. The van der Waals surface area contributed by atoms with E-state index < -0.39 is 0 Å². The van der Waals surface area contributed by atoms with Gasteiger partial charge >= 0.3 is 0 Å². The van der Waals surface area contributed by atoms with Gasteiger partial charge in [0, 0.05) is 43.2 Å². The SMILES string of the molecule is C=CCNC(=NCCc1ccco1)NCCc1c[nH]c2cccc(OC)c12. The average Bonchev–Trinajstić information content (AvgIpc) is 3.35. The summed E-state index contributed by atoms with van der Waals surface area (Å²) in [6.45, 7) is 5.82. The summed E-state index contributed by atoms with van der Waals surface area (Å²) in [7, 11) is 1.70. The van der Waals surface area contributed by atoms with E-state index in [2.05, 4.69) is 33.3 Å². The Morgan fingerprint density at radius 1 is 1.26 bits per heavy atom. The van der Waals surface area contributed by atoms with E-state index in [1.807, 2.05) is 36.5 Å². The van der Waals surface area contributed by atoms with Gasteiger partial charge in [-0.25, -0.2) is 0 Å². The second kappa shape index (κ2) is 9.52. The summed E-state index contributed by atoms with van der Waals surface area (Å²) in [6.07, 6.45) is 7.17. The summed E-state index contributed by atoms with van der Waals surface area (Å²) in [6, 6.07) is 9.89. The van der Waals surface area contributed by atoms with Crippen molar-refractivity contribution < 1.29 is 9.15 Å². The Bertz CT molecular complexity index is 881. The number of hydrogen-bond donors (Lipinski definition) is 3. The molecule has 2 heterocycles. The molecule has 3 aromatic rings. The van der Waals surface area contributed by atoms with Gasteiger partial charge in [-0.2, -0.15) is 0 Å². The highest BCUT2D eigenvalue weighted by atomic mass is 16.5. The van der Waals surface area contributed by atoms with Crippen LogP contribution in [-0.2, 0) is 12.8 Å². The number of aliphatic imine (C=N–C) groups is 1. The van der Waals surface area contributed by atoms with E-state index in [0.29, 0.717) is 13.1 Å². The monoisotopic (exact) mass is 366 g/mol. The van der Waals surface area contributed by atoms with Gasteiger partial charge in [0.05, 0.1) is 13.4 Å². The van der Waals surface area contributed by atoms with Crippen LogP contribution in [0, 0.1) is 0 Å². The molecule has 0 aliphatic rings. The quantitative estimate of drug-likeness (QED) is 0.309. The number of fused-ring (bicyclic) bond motifs is 1.